The lowest BCUT2D eigenvalue weighted by atomic mass is 10.0. The maximum atomic E-state index is 14.2. The standard InChI is InChI=1S/C23H28FN3O4S2/c1-23(2,24)13-26-33(30,31)22-19-9-18(27-17-5-6-32(28,29)12-17)8-15(19)7-16-11-25-21(10-20(16)22)14-3-4-14/h7,10-12,14,18,26-27H,3-6,8-9,13H2,1-2H3. The number of hydrogen-bond acceptors (Lipinski definition) is 6. The molecular weight excluding hydrogens is 465 g/mol. The number of sulfone groups is 1. The lowest BCUT2D eigenvalue weighted by Crippen LogP contribution is -2.36. The summed E-state index contributed by atoms with van der Waals surface area (Å²) in [6, 6.07) is 3.74. The summed E-state index contributed by atoms with van der Waals surface area (Å²) in [5.74, 6) is 0.457. The number of alkyl halides is 1. The number of rotatable bonds is 7. The Balaban J connectivity index is 1.56. The van der Waals surface area contributed by atoms with Gasteiger partial charge in [0.15, 0.2) is 9.84 Å². The van der Waals surface area contributed by atoms with Crippen molar-refractivity contribution in [3.05, 3.63) is 46.3 Å². The Morgan fingerprint density at radius 2 is 1.97 bits per heavy atom. The molecule has 0 saturated heterocycles. The number of benzene rings is 1. The number of fused-ring (bicyclic) bond motifs is 2. The van der Waals surface area contributed by atoms with Crippen LogP contribution in [0.3, 0.4) is 0 Å². The van der Waals surface area contributed by atoms with E-state index in [-0.39, 0.29) is 23.2 Å². The first-order valence-corrected chi connectivity index (χ1v) is 14.4. The number of pyridine rings is 1. The third-order valence-electron chi connectivity index (χ3n) is 6.42. The van der Waals surface area contributed by atoms with Crippen molar-refractivity contribution in [3.8, 4) is 0 Å². The van der Waals surface area contributed by atoms with E-state index in [2.05, 4.69) is 15.0 Å². The minimum Gasteiger partial charge on any atom is -0.384 e. The van der Waals surface area contributed by atoms with Gasteiger partial charge in [0.2, 0.25) is 10.0 Å². The summed E-state index contributed by atoms with van der Waals surface area (Å²) < 4.78 is 67.1. The minimum atomic E-state index is -3.99. The Morgan fingerprint density at radius 3 is 2.61 bits per heavy atom. The Morgan fingerprint density at radius 1 is 1.21 bits per heavy atom. The smallest absolute Gasteiger partial charge is 0.241 e. The molecule has 0 bridgehead atoms. The second-order valence-electron chi connectivity index (χ2n) is 10.0. The van der Waals surface area contributed by atoms with E-state index in [1.54, 1.807) is 6.20 Å². The van der Waals surface area contributed by atoms with E-state index < -0.39 is 25.5 Å². The zero-order chi connectivity index (χ0) is 23.6. The average Bonchev–Trinajstić information content (AvgIpc) is 3.40. The molecule has 1 fully saturated rings. The lowest BCUT2D eigenvalue weighted by Gasteiger charge is -2.18. The van der Waals surface area contributed by atoms with Gasteiger partial charge in [-0.1, -0.05) is 0 Å². The van der Waals surface area contributed by atoms with Crippen molar-refractivity contribution < 1.29 is 21.2 Å². The van der Waals surface area contributed by atoms with Crippen LogP contribution in [0, 0.1) is 0 Å². The largest absolute Gasteiger partial charge is 0.384 e. The normalized spacial score (nSPS) is 22.4. The van der Waals surface area contributed by atoms with Crippen molar-refractivity contribution in [2.45, 2.75) is 68.5 Å². The molecule has 1 saturated carbocycles. The molecule has 2 aliphatic carbocycles. The molecule has 0 radical (unpaired) electrons. The monoisotopic (exact) mass is 493 g/mol. The number of allylic oxidation sites excluding steroid dienone is 1. The molecule has 1 aromatic heterocycles. The average molecular weight is 494 g/mol. The van der Waals surface area contributed by atoms with Crippen LogP contribution >= 0.6 is 0 Å². The van der Waals surface area contributed by atoms with Crippen LogP contribution < -0.4 is 10.0 Å². The van der Waals surface area contributed by atoms with Gasteiger partial charge in [-0.3, -0.25) is 4.98 Å². The number of halogens is 1. The molecule has 1 atom stereocenters. The second kappa shape index (κ2) is 7.74. The summed E-state index contributed by atoms with van der Waals surface area (Å²) in [5.41, 5.74) is 1.46. The van der Waals surface area contributed by atoms with Crippen molar-refractivity contribution in [2.24, 2.45) is 0 Å². The van der Waals surface area contributed by atoms with Gasteiger partial charge in [-0.15, -0.1) is 0 Å². The number of aromatic nitrogens is 1. The fraction of sp³-hybridized carbons (Fsp3) is 0.522. The van der Waals surface area contributed by atoms with Gasteiger partial charge in [-0.05, 0) is 62.8 Å². The van der Waals surface area contributed by atoms with Crippen LogP contribution in [0.5, 0.6) is 0 Å². The Labute approximate surface area is 193 Å². The SMILES string of the molecule is CC(C)(F)CNS(=O)(=O)c1c2c(cc3cnc(C4CC4)cc13)CC(NC1=CS(=O)(=O)CC1)C2. The highest BCUT2D eigenvalue weighted by atomic mass is 32.2. The van der Waals surface area contributed by atoms with Gasteiger partial charge in [0.05, 0.1) is 10.6 Å². The molecule has 2 heterocycles. The third kappa shape index (κ3) is 4.79. The van der Waals surface area contributed by atoms with E-state index in [0.29, 0.717) is 41.8 Å². The maximum absolute atomic E-state index is 14.2. The molecule has 178 valence electrons. The fourth-order valence-electron chi connectivity index (χ4n) is 4.67. The first kappa shape index (κ1) is 22.7. The second-order valence-corrected chi connectivity index (χ2v) is 13.7. The van der Waals surface area contributed by atoms with Gasteiger partial charge >= 0.3 is 0 Å². The van der Waals surface area contributed by atoms with Crippen LogP contribution in [0.15, 0.2) is 34.3 Å². The van der Waals surface area contributed by atoms with Crippen molar-refractivity contribution in [1.82, 2.24) is 15.0 Å². The molecular formula is C23H28FN3O4S2. The van der Waals surface area contributed by atoms with Crippen molar-refractivity contribution in [1.29, 1.82) is 0 Å². The van der Waals surface area contributed by atoms with Gasteiger partial charge in [-0.2, -0.15) is 0 Å². The Kier molecular flexibility index (Phi) is 5.34. The summed E-state index contributed by atoms with van der Waals surface area (Å²) in [7, 11) is -7.16. The minimum absolute atomic E-state index is 0.0943. The predicted molar refractivity (Wildman–Crippen MR) is 125 cm³/mol. The van der Waals surface area contributed by atoms with E-state index in [4.69, 9.17) is 0 Å². The van der Waals surface area contributed by atoms with E-state index in [0.717, 1.165) is 29.5 Å². The van der Waals surface area contributed by atoms with E-state index in [1.807, 2.05) is 12.1 Å². The zero-order valence-corrected chi connectivity index (χ0v) is 20.3. The van der Waals surface area contributed by atoms with Crippen molar-refractivity contribution in [3.63, 3.8) is 0 Å². The summed E-state index contributed by atoms with van der Waals surface area (Å²) >= 11 is 0. The zero-order valence-electron chi connectivity index (χ0n) is 18.7. The quantitative estimate of drug-likeness (QED) is 0.615. The van der Waals surface area contributed by atoms with Gasteiger partial charge < -0.3 is 5.32 Å². The molecule has 7 nitrogen and oxygen atoms in total. The highest BCUT2D eigenvalue weighted by Crippen LogP contribution is 2.42. The summed E-state index contributed by atoms with van der Waals surface area (Å²) in [6.45, 7) is 2.34. The maximum Gasteiger partial charge on any atom is 0.241 e. The van der Waals surface area contributed by atoms with Crippen molar-refractivity contribution >= 4 is 30.6 Å². The molecule has 0 amide bonds. The topological polar surface area (TPSA) is 105 Å². The van der Waals surface area contributed by atoms with Crippen LogP contribution in [0.4, 0.5) is 4.39 Å². The molecule has 1 aromatic carbocycles. The highest BCUT2D eigenvalue weighted by Gasteiger charge is 2.34. The number of nitrogens with zero attached hydrogens (tertiary/aromatic N) is 1. The Bertz CT molecular complexity index is 1370. The number of nitrogens with one attached hydrogen (secondary N) is 2. The molecule has 1 aliphatic heterocycles. The molecule has 2 aromatic rings. The summed E-state index contributed by atoms with van der Waals surface area (Å²) in [4.78, 5) is 4.75. The van der Waals surface area contributed by atoms with Crippen LogP contribution in [0.1, 0.15) is 55.8 Å². The molecule has 3 aliphatic rings. The molecule has 2 N–H and O–H groups in total. The lowest BCUT2D eigenvalue weighted by molar-refractivity contribution is 0.221. The first-order chi connectivity index (χ1) is 15.4. The van der Waals surface area contributed by atoms with Gasteiger partial charge in [-0.25, -0.2) is 25.9 Å². The molecule has 1 unspecified atom stereocenters. The van der Waals surface area contributed by atoms with E-state index in [9.17, 15) is 21.2 Å². The van der Waals surface area contributed by atoms with Gasteiger partial charge in [0.1, 0.15) is 5.67 Å². The van der Waals surface area contributed by atoms with E-state index >= 15 is 0 Å². The molecule has 0 spiro atoms. The molecule has 10 heteroatoms. The van der Waals surface area contributed by atoms with Crippen LogP contribution in [-0.4, -0.2) is 45.8 Å². The number of hydrogen-bond donors (Lipinski definition) is 2. The fourth-order valence-corrected chi connectivity index (χ4v) is 7.60. The molecule has 33 heavy (non-hydrogen) atoms. The Hall–Kier alpha value is -2.04. The van der Waals surface area contributed by atoms with Gasteiger partial charge in [0, 0.05) is 58.7 Å². The summed E-state index contributed by atoms with van der Waals surface area (Å²) in [6.07, 6.45) is 5.27. The van der Waals surface area contributed by atoms with Crippen molar-refractivity contribution in [2.75, 3.05) is 12.3 Å². The predicted octanol–water partition coefficient (Wildman–Crippen LogP) is 2.86. The summed E-state index contributed by atoms with van der Waals surface area (Å²) in [5, 5.41) is 5.93. The van der Waals surface area contributed by atoms with E-state index in [1.165, 1.54) is 19.3 Å². The highest BCUT2D eigenvalue weighted by molar-refractivity contribution is 7.94. The van der Waals surface area contributed by atoms with Gasteiger partial charge in [0.25, 0.3) is 0 Å². The number of sulfonamides is 1. The molecule has 5 rings (SSSR count). The first-order valence-electron chi connectivity index (χ1n) is 11.2. The third-order valence-corrected chi connectivity index (χ3v) is 9.37. The van der Waals surface area contributed by atoms with Crippen LogP contribution in [0.2, 0.25) is 0 Å². The van der Waals surface area contributed by atoms with Crippen LogP contribution in [0.25, 0.3) is 10.8 Å². The van der Waals surface area contributed by atoms with Crippen LogP contribution in [-0.2, 0) is 32.7 Å².